The average molecular weight is 315 g/mol. The van der Waals surface area contributed by atoms with Gasteiger partial charge in [-0.05, 0) is 12.1 Å². The SMILES string of the molecule is Nc1ccccc1C(=O)NN=C(c1ccccc1)c1ccccc1. The van der Waals surface area contributed by atoms with Crippen molar-refractivity contribution in [3.05, 3.63) is 102 Å². The number of hydrogen-bond acceptors (Lipinski definition) is 3. The predicted octanol–water partition coefficient (Wildman–Crippen LogP) is 3.45. The van der Waals surface area contributed by atoms with Crippen LogP contribution in [0, 0.1) is 0 Å². The number of carbonyl (C=O) groups is 1. The maximum Gasteiger partial charge on any atom is 0.273 e. The minimum Gasteiger partial charge on any atom is -0.398 e. The molecule has 4 heteroatoms. The summed E-state index contributed by atoms with van der Waals surface area (Å²) in [6.45, 7) is 0. The summed E-state index contributed by atoms with van der Waals surface area (Å²) >= 11 is 0. The number of para-hydroxylation sites is 1. The Kier molecular flexibility index (Phi) is 4.68. The van der Waals surface area contributed by atoms with Crippen LogP contribution in [0.5, 0.6) is 0 Å². The standard InChI is InChI=1S/C20H17N3O/c21-18-14-8-7-13-17(18)20(24)23-22-19(15-9-3-1-4-10-15)16-11-5-2-6-12-16/h1-14H,21H2,(H,23,24). The summed E-state index contributed by atoms with van der Waals surface area (Å²) in [4.78, 5) is 12.3. The molecule has 0 aliphatic carbocycles. The number of hydrazone groups is 1. The molecule has 3 N–H and O–H groups in total. The molecule has 4 nitrogen and oxygen atoms in total. The number of nitrogens with two attached hydrogens (primary N) is 1. The van der Waals surface area contributed by atoms with Gasteiger partial charge < -0.3 is 5.73 Å². The van der Waals surface area contributed by atoms with Crippen LogP contribution >= 0.6 is 0 Å². The number of nitrogens with one attached hydrogen (secondary N) is 1. The zero-order chi connectivity index (χ0) is 16.8. The Morgan fingerprint density at radius 3 is 1.79 bits per heavy atom. The van der Waals surface area contributed by atoms with E-state index in [2.05, 4.69) is 10.5 Å². The third-order valence-electron chi connectivity index (χ3n) is 3.57. The van der Waals surface area contributed by atoms with Crippen molar-refractivity contribution in [3.63, 3.8) is 0 Å². The number of anilines is 1. The summed E-state index contributed by atoms with van der Waals surface area (Å²) in [5, 5.41) is 4.34. The van der Waals surface area contributed by atoms with Crippen molar-refractivity contribution in [2.24, 2.45) is 5.10 Å². The third-order valence-corrected chi connectivity index (χ3v) is 3.57. The Bertz CT molecular complexity index is 817. The largest absolute Gasteiger partial charge is 0.398 e. The lowest BCUT2D eigenvalue weighted by molar-refractivity contribution is 0.0956. The van der Waals surface area contributed by atoms with Crippen molar-refractivity contribution in [1.29, 1.82) is 0 Å². The van der Waals surface area contributed by atoms with Crippen LogP contribution in [0.25, 0.3) is 0 Å². The number of carbonyl (C=O) groups excluding carboxylic acids is 1. The molecule has 118 valence electrons. The molecular weight excluding hydrogens is 298 g/mol. The molecule has 1 amide bonds. The molecule has 3 aromatic rings. The summed E-state index contributed by atoms with van der Waals surface area (Å²) in [7, 11) is 0. The Balaban J connectivity index is 1.93. The minimum absolute atomic E-state index is 0.336. The number of amides is 1. The van der Waals surface area contributed by atoms with Crippen LogP contribution in [0.4, 0.5) is 5.69 Å². The van der Waals surface area contributed by atoms with E-state index in [1.807, 2.05) is 60.7 Å². The van der Waals surface area contributed by atoms with E-state index in [0.29, 0.717) is 17.0 Å². The molecule has 0 saturated carbocycles. The Morgan fingerprint density at radius 2 is 1.25 bits per heavy atom. The van der Waals surface area contributed by atoms with Crippen molar-refractivity contribution in [1.82, 2.24) is 5.43 Å². The summed E-state index contributed by atoms with van der Waals surface area (Å²) in [6, 6.07) is 26.3. The molecule has 24 heavy (non-hydrogen) atoms. The predicted molar refractivity (Wildman–Crippen MR) is 96.8 cm³/mol. The molecule has 0 radical (unpaired) electrons. The molecule has 3 rings (SSSR count). The first kappa shape index (κ1) is 15.5. The molecule has 0 unspecified atom stereocenters. The lowest BCUT2D eigenvalue weighted by Gasteiger charge is -2.08. The van der Waals surface area contributed by atoms with Crippen molar-refractivity contribution in [2.75, 3.05) is 5.73 Å². The fourth-order valence-corrected chi connectivity index (χ4v) is 2.36. The Morgan fingerprint density at radius 1 is 0.750 bits per heavy atom. The Hall–Kier alpha value is -3.40. The van der Waals surface area contributed by atoms with Gasteiger partial charge in [0.25, 0.3) is 5.91 Å². The van der Waals surface area contributed by atoms with Gasteiger partial charge in [0.2, 0.25) is 0 Å². The molecule has 3 aromatic carbocycles. The van der Waals surface area contributed by atoms with Gasteiger partial charge in [0.15, 0.2) is 0 Å². The van der Waals surface area contributed by atoms with Crippen molar-refractivity contribution < 1.29 is 4.79 Å². The van der Waals surface area contributed by atoms with Crippen LogP contribution < -0.4 is 11.2 Å². The van der Waals surface area contributed by atoms with Gasteiger partial charge >= 0.3 is 0 Å². The summed E-state index contributed by atoms with van der Waals surface area (Å²) in [5.74, 6) is -0.336. The molecule has 0 fully saturated rings. The zero-order valence-electron chi connectivity index (χ0n) is 13.0. The average Bonchev–Trinajstić information content (AvgIpc) is 2.64. The van der Waals surface area contributed by atoms with E-state index >= 15 is 0 Å². The van der Waals surface area contributed by atoms with E-state index in [0.717, 1.165) is 11.1 Å². The molecule has 0 bridgehead atoms. The van der Waals surface area contributed by atoms with Crippen LogP contribution in [0.3, 0.4) is 0 Å². The van der Waals surface area contributed by atoms with Gasteiger partial charge in [-0.15, -0.1) is 0 Å². The van der Waals surface area contributed by atoms with E-state index in [1.165, 1.54) is 0 Å². The van der Waals surface area contributed by atoms with Crippen LogP contribution in [-0.2, 0) is 0 Å². The first-order valence-corrected chi connectivity index (χ1v) is 7.59. The molecular formula is C20H17N3O. The van der Waals surface area contributed by atoms with Gasteiger partial charge in [-0.3, -0.25) is 4.79 Å². The van der Waals surface area contributed by atoms with E-state index < -0.39 is 0 Å². The lowest BCUT2D eigenvalue weighted by atomic mass is 10.0. The van der Waals surface area contributed by atoms with Gasteiger partial charge in [0, 0.05) is 16.8 Å². The first-order valence-electron chi connectivity index (χ1n) is 7.59. The van der Waals surface area contributed by atoms with E-state index in [-0.39, 0.29) is 5.91 Å². The minimum atomic E-state index is -0.336. The number of rotatable bonds is 4. The van der Waals surface area contributed by atoms with Crippen LogP contribution in [-0.4, -0.2) is 11.6 Å². The van der Waals surface area contributed by atoms with Gasteiger partial charge in [0.1, 0.15) is 0 Å². The van der Waals surface area contributed by atoms with E-state index in [1.54, 1.807) is 24.3 Å². The smallest absolute Gasteiger partial charge is 0.273 e. The number of benzene rings is 3. The van der Waals surface area contributed by atoms with E-state index in [9.17, 15) is 4.79 Å². The highest BCUT2D eigenvalue weighted by atomic mass is 16.2. The van der Waals surface area contributed by atoms with Gasteiger partial charge in [-0.25, -0.2) is 5.43 Å². The number of nitrogens with zero attached hydrogens (tertiary/aromatic N) is 1. The van der Waals surface area contributed by atoms with Crippen LogP contribution in [0.15, 0.2) is 90.0 Å². The van der Waals surface area contributed by atoms with Gasteiger partial charge in [-0.1, -0.05) is 72.8 Å². The normalized spacial score (nSPS) is 10.0. The summed E-state index contributed by atoms with van der Waals surface area (Å²) in [6.07, 6.45) is 0. The molecule has 0 saturated heterocycles. The maximum atomic E-state index is 12.3. The molecule has 0 spiro atoms. The second-order valence-corrected chi connectivity index (χ2v) is 5.22. The fourth-order valence-electron chi connectivity index (χ4n) is 2.36. The highest BCUT2D eigenvalue weighted by Crippen LogP contribution is 2.12. The highest BCUT2D eigenvalue weighted by molar-refractivity contribution is 6.13. The monoisotopic (exact) mass is 315 g/mol. The second kappa shape index (κ2) is 7.24. The Labute approximate surface area is 140 Å². The second-order valence-electron chi connectivity index (χ2n) is 5.22. The van der Waals surface area contributed by atoms with Crippen LogP contribution in [0.2, 0.25) is 0 Å². The van der Waals surface area contributed by atoms with Gasteiger partial charge in [-0.2, -0.15) is 5.10 Å². The molecule has 0 aliphatic heterocycles. The molecule has 0 aliphatic rings. The van der Waals surface area contributed by atoms with E-state index in [4.69, 9.17) is 5.73 Å². The topological polar surface area (TPSA) is 67.5 Å². The molecule has 0 aromatic heterocycles. The first-order chi connectivity index (χ1) is 11.8. The maximum absolute atomic E-state index is 12.3. The van der Waals surface area contributed by atoms with Crippen molar-refractivity contribution >= 4 is 17.3 Å². The van der Waals surface area contributed by atoms with Gasteiger partial charge in [0.05, 0.1) is 11.3 Å². The molecule has 0 heterocycles. The third kappa shape index (κ3) is 3.50. The zero-order valence-corrected chi connectivity index (χ0v) is 13.0. The van der Waals surface area contributed by atoms with Crippen LogP contribution in [0.1, 0.15) is 21.5 Å². The van der Waals surface area contributed by atoms with Crippen molar-refractivity contribution in [2.45, 2.75) is 0 Å². The lowest BCUT2D eigenvalue weighted by Crippen LogP contribution is -2.21. The summed E-state index contributed by atoms with van der Waals surface area (Å²) in [5.41, 5.74) is 11.8. The quantitative estimate of drug-likeness (QED) is 0.440. The number of hydrogen-bond donors (Lipinski definition) is 2. The number of nitrogen functional groups attached to an aromatic ring is 1. The summed E-state index contributed by atoms with van der Waals surface area (Å²) < 4.78 is 0. The molecule has 0 atom stereocenters. The highest BCUT2D eigenvalue weighted by Gasteiger charge is 2.10. The fraction of sp³-hybridized carbons (Fsp3) is 0. The van der Waals surface area contributed by atoms with Crippen molar-refractivity contribution in [3.8, 4) is 0 Å².